The first-order valence-electron chi connectivity index (χ1n) is 3.08. The van der Waals surface area contributed by atoms with E-state index in [1.165, 1.54) is 0 Å². The van der Waals surface area contributed by atoms with Crippen LogP contribution in [0.3, 0.4) is 0 Å². The Morgan fingerprint density at radius 3 is 2.27 bits per heavy atom. The molecule has 1 fully saturated rings. The van der Waals surface area contributed by atoms with Crippen LogP contribution >= 0.6 is 0 Å². The van der Waals surface area contributed by atoms with Gasteiger partial charge in [0.25, 0.3) is 0 Å². The Labute approximate surface area is 64.1 Å². The summed E-state index contributed by atoms with van der Waals surface area (Å²) in [6.45, 7) is 0. The van der Waals surface area contributed by atoms with E-state index in [2.05, 4.69) is 0 Å². The van der Waals surface area contributed by atoms with Crippen LogP contribution in [0.15, 0.2) is 0 Å². The van der Waals surface area contributed by atoms with Crippen molar-refractivity contribution < 1.29 is 18.3 Å². The number of rotatable bonds is 1. The highest BCUT2D eigenvalue weighted by Crippen LogP contribution is 2.20. The molecule has 0 aromatic carbocycles. The van der Waals surface area contributed by atoms with E-state index in [1.807, 2.05) is 0 Å². The molecule has 1 heterocycles. The quantitative estimate of drug-likeness (QED) is 0.515. The van der Waals surface area contributed by atoms with Crippen LogP contribution in [0.4, 0.5) is 0 Å². The first kappa shape index (κ1) is 8.48. The molecule has 0 radical (unpaired) electrons. The predicted molar refractivity (Wildman–Crippen MR) is 37.8 cm³/mol. The lowest BCUT2D eigenvalue weighted by atomic mass is 10.0. The number of hydrogen-bond donors (Lipinski definition) is 2. The fourth-order valence-electron chi connectivity index (χ4n) is 1.04. The van der Waals surface area contributed by atoms with Crippen molar-refractivity contribution >= 4 is 15.8 Å². The molecule has 0 spiro atoms. The highest BCUT2D eigenvalue weighted by atomic mass is 32.2. The molecule has 0 amide bonds. The highest BCUT2D eigenvalue weighted by Gasteiger charge is 2.45. The van der Waals surface area contributed by atoms with E-state index in [0.717, 1.165) is 0 Å². The Bertz CT molecular complexity index is 283. The van der Waals surface area contributed by atoms with Crippen LogP contribution in [-0.2, 0) is 14.6 Å². The standard InChI is InChI=1S/C5H9NO4S/c6-5(4(7)8)1-2-11(9,10)3-5/h1-3,6H2,(H,7,8)/t5-/m1/s1. The maximum Gasteiger partial charge on any atom is 0.324 e. The molecule has 5 nitrogen and oxygen atoms in total. The molecular formula is C5H9NO4S. The van der Waals surface area contributed by atoms with Gasteiger partial charge in [0.1, 0.15) is 5.54 Å². The largest absolute Gasteiger partial charge is 0.480 e. The van der Waals surface area contributed by atoms with Gasteiger partial charge in [0.2, 0.25) is 0 Å². The molecule has 0 aliphatic carbocycles. The summed E-state index contributed by atoms with van der Waals surface area (Å²) in [5.41, 5.74) is 3.76. The molecule has 1 atom stereocenters. The van der Waals surface area contributed by atoms with E-state index < -0.39 is 27.1 Å². The van der Waals surface area contributed by atoms with E-state index in [9.17, 15) is 13.2 Å². The monoisotopic (exact) mass is 179 g/mol. The van der Waals surface area contributed by atoms with E-state index in [-0.39, 0.29) is 12.2 Å². The minimum Gasteiger partial charge on any atom is -0.480 e. The summed E-state index contributed by atoms with van der Waals surface area (Å²) in [4.78, 5) is 10.4. The van der Waals surface area contributed by atoms with Crippen molar-refractivity contribution in [1.82, 2.24) is 0 Å². The first-order valence-corrected chi connectivity index (χ1v) is 4.91. The summed E-state index contributed by atoms with van der Waals surface area (Å²) >= 11 is 0. The van der Waals surface area contributed by atoms with Gasteiger partial charge < -0.3 is 10.8 Å². The normalized spacial score (nSPS) is 35.4. The molecule has 3 N–H and O–H groups in total. The van der Waals surface area contributed by atoms with Crippen LogP contribution in [-0.4, -0.2) is 36.5 Å². The average Bonchev–Trinajstić information content (AvgIpc) is 2.08. The molecule has 0 bridgehead atoms. The lowest BCUT2D eigenvalue weighted by Crippen LogP contribution is -2.48. The minimum atomic E-state index is -3.20. The van der Waals surface area contributed by atoms with Gasteiger partial charge in [-0.2, -0.15) is 0 Å². The first-order chi connectivity index (χ1) is 4.86. The van der Waals surface area contributed by atoms with E-state index >= 15 is 0 Å². The zero-order chi connectivity index (χ0) is 8.70. The second-order valence-corrected chi connectivity index (χ2v) is 4.99. The Kier molecular flexibility index (Phi) is 1.68. The Hall–Kier alpha value is -0.620. The van der Waals surface area contributed by atoms with Crippen LogP contribution in [0, 0.1) is 0 Å². The van der Waals surface area contributed by atoms with Gasteiger partial charge in [0.05, 0.1) is 11.5 Å². The van der Waals surface area contributed by atoms with Crippen molar-refractivity contribution in [1.29, 1.82) is 0 Å². The number of aliphatic carboxylic acids is 1. The fraction of sp³-hybridized carbons (Fsp3) is 0.800. The third-order valence-corrected chi connectivity index (χ3v) is 3.54. The summed E-state index contributed by atoms with van der Waals surface area (Å²) < 4.78 is 21.6. The minimum absolute atomic E-state index is 0.0185. The molecule has 1 aliphatic rings. The van der Waals surface area contributed by atoms with Crippen molar-refractivity contribution in [3.8, 4) is 0 Å². The lowest BCUT2D eigenvalue weighted by Gasteiger charge is -2.14. The Balaban J connectivity index is 2.90. The summed E-state index contributed by atoms with van der Waals surface area (Å²) in [5, 5.41) is 8.52. The number of sulfone groups is 1. The highest BCUT2D eigenvalue weighted by molar-refractivity contribution is 7.91. The van der Waals surface area contributed by atoms with Crippen LogP contribution in [0.2, 0.25) is 0 Å². The third-order valence-electron chi connectivity index (χ3n) is 1.76. The molecular weight excluding hydrogens is 170 g/mol. The van der Waals surface area contributed by atoms with Gasteiger partial charge in [0.15, 0.2) is 9.84 Å². The zero-order valence-electron chi connectivity index (χ0n) is 5.78. The molecule has 0 saturated carbocycles. The molecule has 0 aromatic rings. The van der Waals surface area contributed by atoms with Gasteiger partial charge in [-0.15, -0.1) is 0 Å². The van der Waals surface area contributed by atoms with Crippen molar-refractivity contribution in [2.45, 2.75) is 12.0 Å². The molecule has 64 valence electrons. The molecule has 0 unspecified atom stereocenters. The fourth-order valence-corrected chi connectivity index (χ4v) is 2.92. The number of carboxylic acids is 1. The van der Waals surface area contributed by atoms with Crippen LogP contribution in [0.25, 0.3) is 0 Å². The number of carboxylic acid groups (broad SMARTS) is 1. The van der Waals surface area contributed by atoms with Gasteiger partial charge in [-0.1, -0.05) is 0 Å². The maximum absolute atomic E-state index is 10.8. The number of hydrogen-bond acceptors (Lipinski definition) is 4. The average molecular weight is 179 g/mol. The second kappa shape index (κ2) is 2.18. The summed E-state index contributed by atoms with van der Waals surface area (Å²) in [6.07, 6.45) is 0.0185. The number of nitrogens with two attached hydrogens (primary N) is 1. The Morgan fingerprint density at radius 2 is 2.09 bits per heavy atom. The van der Waals surface area contributed by atoms with Crippen molar-refractivity contribution in [2.75, 3.05) is 11.5 Å². The molecule has 11 heavy (non-hydrogen) atoms. The van der Waals surface area contributed by atoms with Gasteiger partial charge in [-0.25, -0.2) is 8.42 Å². The topological polar surface area (TPSA) is 97.5 Å². The molecule has 1 saturated heterocycles. The third kappa shape index (κ3) is 1.51. The van der Waals surface area contributed by atoms with E-state index in [0.29, 0.717) is 0 Å². The van der Waals surface area contributed by atoms with Gasteiger partial charge in [-0.05, 0) is 6.42 Å². The summed E-state index contributed by atoms with van der Waals surface area (Å²) in [5.74, 6) is -1.79. The maximum atomic E-state index is 10.8. The van der Waals surface area contributed by atoms with Crippen molar-refractivity contribution in [3.63, 3.8) is 0 Å². The molecule has 6 heteroatoms. The number of carbonyl (C=O) groups is 1. The van der Waals surface area contributed by atoms with Crippen LogP contribution < -0.4 is 5.73 Å². The lowest BCUT2D eigenvalue weighted by molar-refractivity contribution is -0.142. The molecule has 1 rings (SSSR count). The predicted octanol–water partition coefficient (Wildman–Crippen LogP) is -1.41. The summed E-state index contributed by atoms with van der Waals surface area (Å²) in [6, 6.07) is 0. The summed E-state index contributed by atoms with van der Waals surface area (Å²) in [7, 11) is -3.20. The van der Waals surface area contributed by atoms with Crippen molar-refractivity contribution in [2.24, 2.45) is 5.73 Å². The van der Waals surface area contributed by atoms with E-state index in [1.54, 1.807) is 0 Å². The van der Waals surface area contributed by atoms with Crippen molar-refractivity contribution in [3.05, 3.63) is 0 Å². The molecule has 1 aliphatic heterocycles. The Morgan fingerprint density at radius 1 is 1.55 bits per heavy atom. The van der Waals surface area contributed by atoms with Crippen LogP contribution in [0.1, 0.15) is 6.42 Å². The SMILES string of the molecule is N[C@]1(C(=O)O)CCS(=O)(=O)C1. The van der Waals surface area contributed by atoms with Gasteiger partial charge in [-0.3, -0.25) is 4.79 Å². The molecule has 0 aromatic heterocycles. The zero-order valence-corrected chi connectivity index (χ0v) is 6.60. The van der Waals surface area contributed by atoms with Crippen LogP contribution in [0.5, 0.6) is 0 Å². The van der Waals surface area contributed by atoms with Gasteiger partial charge in [0, 0.05) is 0 Å². The smallest absolute Gasteiger partial charge is 0.324 e. The van der Waals surface area contributed by atoms with E-state index in [4.69, 9.17) is 10.8 Å². The second-order valence-electron chi connectivity index (χ2n) is 2.80. The van der Waals surface area contributed by atoms with Gasteiger partial charge >= 0.3 is 5.97 Å².